The molecule has 84 valence electrons. The number of hydrogen-bond donors (Lipinski definition) is 1. The second-order valence-corrected chi connectivity index (χ2v) is 4.00. The summed E-state index contributed by atoms with van der Waals surface area (Å²) >= 11 is 0. The zero-order valence-electron chi connectivity index (χ0n) is 9.94. The van der Waals surface area contributed by atoms with Crippen LogP contribution in [0.4, 0.5) is 5.69 Å². The molecule has 0 aliphatic carbocycles. The molecule has 0 aromatic carbocycles. The van der Waals surface area contributed by atoms with Crippen LogP contribution in [-0.4, -0.2) is 22.7 Å². The van der Waals surface area contributed by atoms with E-state index in [1.807, 2.05) is 18.3 Å². The molecule has 0 saturated carbocycles. The molecule has 0 radical (unpaired) electrons. The summed E-state index contributed by atoms with van der Waals surface area (Å²) in [6.07, 6.45) is 1.33. The first-order valence-electron chi connectivity index (χ1n) is 5.47. The van der Waals surface area contributed by atoms with E-state index in [2.05, 4.69) is 30.7 Å². The number of aromatic nitrogens is 1. The van der Waals surface area contributed by atoms with Gasteiger partial charge in [0.2, 0.25) is 0 Å². The van der Waals surface area contributed by atoms with Gasteiger partial charge in [-0.05, 0) is 39.8 Å². The first kappa shape index (κ1) is 12.0. The van der Waals surface area contributed by atoms with Gasteiger partial charge in [-0.1, -0.05) is 0 Å². The smallest absolute Gasteiger partial charge is 0.0931 e. The van der Waals surface area contributed by atoms with Gasteiger partial charge < -0.3 is 10.0 Å². The number of rotatable bonds is 4. The van der Waals surface area contributed by atoms with E-state index in [1.54, 1.807) is 6.92 Å². The van der Waals surface area contributed by atoms with Gasteiger partial charge in [0, 0.05) is 12.6 Å². The number of aliphatic hydroxyl groups is 1. The molecular weight excluding hydrogens is 188 g/mol. The van der Waals surface area contributed by atoms with Gasteiger partial charge in [-0.3, -0.25) is 4.98 Å². The van der Waals surface area contributed by atoms with Crippen molar-refractivity contribution in [3.05, 3.63) is 24.0 Å². The fourth-order valence-corrected chi connectivity index (χ4v) is 1.66. The summed E-state index contributed by atoms with van der Waals surface area (Å²) in [5.74, 6) is 0. The minimum Gasteiger partial charge on any atom is -0.387 e. The molecule has 0 bridgehead atoms. The third kappa shape index (κ3) is 2.93. The Morgan fingerprint density at radius 2 is 2.00 bits per heavy atom. The van der Waals surface area contributed by atoms with Gasteiger partial charge >= 0.3 is 0 Å². The minimum absolute atomic E-state index is 0.467. The van der Waals surface area contributed by atoms with E-state index >= 15 is 0 Å². The van der Waals surface area contributed by atoms with E-state index in [0.717, 1.165) is 17.9 Å². The maximum atomic E-state index is 9.34. The lowest BCUT2D eigenvalue weighted by molar-refractivity contribution is 0.194. The van der Waals surface area contributed by atoms with Gasteiger partial charge in [-0.2, -0.15) is 0 Å². The van der Waals surface area contributed by atoms with Crippen LogP contribution in [0.1, 0.15) is 39.5 Å². The number of hydrogen-bond acceptors (Lipinski definition) is 3. The molecule has 0 aliphatic heterocycles. The minimum atomic E-state index is -0.492. The average molecular weight is 208 g/mol. The molecule has 0 amide bonds. The second kappa shape index (κ2) is 5.12. The van der Waals surface area contributed by atoms with Crippen molar-refractivity contribution in [2.45, 2.75) is 39.8 Å². The van der Waals surface area contributed by atoms with Crippen molar-refractivity contribution in [2.75, 3.05) is 11.4 Å². The summed E-state index contributed by atoms with van der Waals surface area (Å²) < 4.78 is 0. The van der Waals surface area contributed by atoms with Gasteiger partial charge in [0.25, 0.3) is 0 Å². The molecule has 0 spiro atoms. The van der Waals surface area contributed by atoms with Crippen LogP contribution < -0.4 is 4.90 Å². The van der Waals surface area contributed by atoms with E-state index in [9.17, 15) is 5.11 Å². The molecular formula is C12H20N2O. The normalized spacial score (nSPS) is 12.9. The zero-order chi connectivity index (χ0) is 11.4. The van der Waals surface area contributed by atoms with E-state index in [0.29, 0.717) is 6.04 Å². The molecule has 0 fully saturated rings. The molecule has 1 heterocycles. The van der Waals surface area contributed by atoms with Gasteiger partial charge in [0.05, 0.1) is 23.7 Å². The lowest BCUT2D eigenvalue weighted by Crippen LogP contribution is -2.30. The largest absolute Gasteiger partial charge is 0.387 e. The summed E-state index contributed by atoms with van der Waals surface area (Å²) in [7, 11) is 0. The van der Waals surface area contributed by atoms with Gasteiger partial charge in [0.15, 0.2) is 0 Å². The third-order valence-electron chi connectivity index (χ3n) is 2.49. The highest BCUT2D eigenvalue weighted by atomic mass is 16.3. The molecule has 1 rings (SSSR count). The summed E-state index contributed by atoms with van der Waals surface area (Å²) in [5, 5.41) is 9.34. The van der Waals surface area contributed by atoms with Crippen LogP contribution in [0.5, 0.6) is 0 Å². The SMILES string of the molecule is CCN(c1ccc([C@H](C)O)nc1)C(C)C. The predicted octanol–water partition coefficient (Wildman–Crippen LogP) is 2.37. The summed E-state index contributed by atoms with van der Waals surface area (Å²) in [6, 6.07) is 4.36. The molecule has 3 nitrogen and oxygen atoms in total. The molecule has 3 heteroatoms. The van der Waals surface area contributed by atoms with Crippen molar-refractivity contribution in [3.63, 3.8) is 0 Å². The molecule has 0 aliphatic rings. The Labute approximate surface area is 91.8 Å². The fourth-order valence-electron chi connectivity index (χ4n) is 1.66. The van der Waals surface area contributed by atoms with Crippen LogP contribution in [0.25, 0.3) is 0 Å². The molecule has 0 unspecified atom stereocenters. The Kier molecular flexibility index (Phi) is 4.09. The van der Waals surface area contributed by atoms with Gasteiger partial charge in [-0.25, -0.2) is 0 Å². The predicted molar refractivity (Wildman–Crippen MR) is 63.0 cm³/mol. The first-order chi connectivity index (χ1) is 7.06. The molecule has 0 saturated heterocycles. The Bertz CT molecular complexity index is 293. The number of nitrogens with zero attached hydrogens (tertiary/aromatic N) is 2. The van der Waals surface area contributed by atoms with E-state index in [4.69, 9.17) is 0 Å². The van der Waals surface area contributed by atoms with Crippen LogP contribution in [0.3, 0.4) is 0 Å². The topological polar surface area (TPSA) is 36.4 Å². The second-order valence-electron chi connectivity index (χ2n) is 4.00. The average Bonchev–Trinajstić information content (AvgIpc) is 2.19. The number of pyridine rings is 1. The summed E-state index contributed by atoms with van der Waals surface area (Å²) in [6.45, 7) is 9.14. The Morgan fingerprint density at radius 3 is 2.33 bits per heavy atom. The highest BCUT2D eigenvalue weighted by molar-refractivity contribution is 5.45. The Hall–Kier alpha value is -1.09. The highest BCUT2D eigenvalue weighted by Gasteiger charge is 2.09. The van der Waals surface area contributed by atoms with Crippen molar-refractivity contribution in [1.82, 2.24) is 4.98 Å². The Balaban J connectivity index is 2.87. The van der Waals surface area contributed by atoms with Crippen molar-refractivity contribution < 1.29 is 5.11 Å². The fraction of sp³-hybridized carbons (Fsp3) is 0.583. The molecule has 1 aromatic rings. The summed E-state index contributed by atoms with van der Waals surface area (Å²) in [5.41, 5.74) is 1.83. The monoisotopic (exact) mass is 208 g/mol. The number of anilines is 1. The lowest BCUT2D eigenvalue weighted by atomic mass is 10.2. The maximum absolute atomic E-state index is 9.34. The van der Waals surface area contributed by atoms with Gasteiger partial charge in [-0.15, -0.1) is 0 Å². The van der Waals surface area contributed by atoms with E-state index in [1.165, 1.54) is 0 Å². The van der Waals surface area contributed by atoms with Crippen molar-refractivity contribution in [3.8, 4) is 0 Å². The van der Waals surface area contributed by atoms with Crippen LogP contribution in [0, 0.1) is 0 Å². The molecule has 15 heavy (non-hydrogen) atoms. The van der Waals surface area contributed by atoms with Crippen molar-refractivity contribution in [2.24, 2.45) is 0 Å². The highest BCUT2D eigenvalue weighted by Crippen LogP contribution is 2.17. The van der Waals surface area contributed by atoms with Crippen molar-refractivity contribution >= 4 is 5.69 Å². The molecule has 1 N–H and O–H groups in total. The Morgan fingerprint density at radius 1 is 1.33 bits per heavy atom. The van der Waals surface area contributed by atoms with Crippen LogP contribution in [0.15, 0.2) is 18.3 Å². The third-order valence-corrected chi connectivity index (χ3v) is 2.49. The zero-order valence-corrected chi connectivity index (χ0v) is 9.94. The molecule has 1 atom stereocenters. The van der Waals surface area contributed by atoms with Gasteiger partial charge in [0.1, 0.15) is 0 Å². The van der Waals surface area contributed by atoms with E-state index < -0.39 is 6.10 Å². The molecule has 1 aromatic heterocycles. The standard InChI is InChI=1S/C12H20N2O/c1-5-14(9(2)3)11-6-7-12(10(4)15)13-8-11/h6-10,15H,5H2,1-4H3/t10-/m0/s1. The van der Waals surface area contributed by atoms with E-state index in [-0.39, 0.29) is 0 Å². The van der Waals surface area contributed by atoms with Crippen LogP contribution >= 0.6 is 0 Å². The van der Waals surface area contributed by atoms with Crippen LogP contribution in [-0.2, 0) is 0 Å². The van der Waals surface area contributed by atoms with Crippen molar-refractivity contribution in [1.29, 1.82) is 0 Å². The maximum Gasteiger partial charge on any atom is 0.0931 e. The summed E-state index contributed by atoms with van der Waals surface area (Å²) in [4.78, 5) is 6.50. The first-order valence-corrected chi connectivity index (χ1v) is 5.47. The number of aliphatic hydroxyl groups excluding tert-OH is 1. The van der Waals surface area contributed by atoms with Crippen LogP contribution in [0.2, 0.25) is 0 Å². The lowest BCUT2D eigenvalue weighted by Gasteiger charge is -2.27. The quantitative estimate of drug-likeness (QED) is 0.825.